The molecule has 2 fully saturated rings. The molecule has 8 heteroatoms. The zero-order chi connectivity index (χ0) is 17.1. The molecule has 0 saturated carbocycles. The summed E-state index contributed by atoms with van der Waals surface area (Å²) in [7, 11) is 2.00. The van der Waals surface area contributed by atoms with Gasteiger partial charge in [-0.25, -0.2) is 0 Å². The molecule has 2 saturated heterocycles. The van der Waals surface area contributed by atoms with E-state index in [-0.39, 0.29) is 0 Å². The van der Waals surface area contributed by atoms with Gasteiger partial charge in [0.2, 0.25) is 0 Å². The summed E-state index contributed by atoms with van der Waals surface area (Å²) in [5.41, 5.74) is 1.25. The second-order valence-electron chi connectivity index (χ2n) is 6.56. The fourth-order valence-corrected chi connectivity index (χ4v) is 3.37. The van der Waals surface area contributed by atoms with Crippen LogP contribution in [0.5, 0.6) is 0 Å². The quantitative estimate of drug-likeness (QED) is 0.795. The van der Waals surface area contributed by atoms with Gasteiger partial charge < -0.3 is 14.5 Å². The van der Waals surface area contributed by atoms with Crippen LogP contribution in [0.1, 0.15) is 5.69 Å². The predicted octanol–water partition coefficient (Wildman–Crippen LogP) is 0.369. The number of hydrogen-bond acceptors (Lipinski definition) is 7. The third-order valence-electron chi connectivity index (χ3n) is 4.98. The molecule has 2 aromatic heterocycles. The molecule has 2 aliphatic heterocycles. The minimum Gasteiger partial charge on any atom is -0.378 e. The van der Waals surface area contributed by atoms with E-state index in [0.29, 0.717) is 0 Å². The summed E-state index contributed by atoms with van der Waals surface area (Å²) in [5.74, 6) is 1.92. The topological polar surface area (TPSA) is 62.6 Å². The van der Waals surface area contributed by atoms with Crippen molar-refractivity contribution >= 4 is 11.6 Å². The molecule has 134 valence electrons. The van der Waals surface area contributed by atoms with Crippen molar-refractivity contribution in [2.45, 2.75) is 6.54 Å². The number of rotatable bonds is 4. The van der Waals surface area contributed by atoms with Crippen LogP contribution in [0.15, 0.2) is 24.4 Å². The molecular formula is C17H25N7O. The van der Waals surface area contributed by atoms with Crippen LogP contribution in [0, 0.1) is 0 Å². The molecule has 25 heavy (non-hydrogen) atoms. The maximum absolute atomic E-state index is 5.39. The van der Waals surface area contributed by atoms with Gasteiger partial charge in [-0.15, -0.1) is 10.2 Å². The van der Waals surface area contributed by atoms with Crippen LogP contribution in [-0.4, -0.2) is 77.4 Å². The molecule has 4 rings (SSSR count). The zero-order valence-electron chi connectivity index (χ0n) is 14.7. The lowest BCUT2D eigenvalue weighted by Gasteiger charge is -2.35. The lowest BCUT2D eigenvalue weighted by molar-refractivity contribution is 0.122. The van der Waals surface area contributed by atoms with Gasteiger partial charge in [0.25, 0.3) is 0 Å². The molecule has 8 nitrogen and oxygen atoms in total. The van der Waals surface area contributed by atoms with E-state index in [4.69, 9.17) is 4.74 Å². The Balaban J connectivity index is 1.32. The molecule has 0 bridgehead atoms. The minimum atomic E-state index is 0.766. The van der Waals surface area contributed by atoms with E-state index in [1.807, 2.05) is 17.9 Å². The monoisotopic (exact) mass is 343 g/mol. The van der Waals surface area contributed by atoms with Gasteiger partial charge in [-0.3, -0.25) is 9.58 Å². The molecule has 2 aromatic rings. The lowest BCUT2D eigenvalue weighted by atomic mass is 10.3. The van der Waals surface area contributed by atoms with Gasteiger partial charge >= 0.3 is 0 Å². The third kappa shape index (κ3) is 3.74. The van der Waals surface area contributed by atoms with Crippen molar-refractivity contribution in [3.63, 3.8) is 0 Å². The lowest BCUT2D eigenvalue weighted by Crippen LogP contribution is -2.46. The summed E-state index contributed by atoms with van der Waals surface area (Å²) in [4.78, 5) is 7.00. The van der Waals surface area contributed by atoms with Crippen LogP contribution in [-0.2, 0) is 18.3 Å². The van der Waals surface area contributed by atoms with Gasteiger partial charge in [0.15, 0.2) is 11.6 Å². The van der Waals surface area contributed by atoms with E-state index in [1.54, 1.807) is 0 Å². The van der Waals surface area contributed by atoms with Crippen molar-refractivity contribution in [2.75, 3.05) is 62.3 Å². The largest absolute Gasteiger partial charge is 0.378 e. The number of piperazine rings is 1. The maximum Gasteiger partial charge on any atom is 0.151 e. The number of ether oxygens (including phenoxy) is 1. The highest BCUT2D eigenvalue weighted by atomic mass is 16.5. The minimum absolute atomic E-state index is 0.766. The van der Waals surface area contributed by atoms with Gasteiger partial charge in [-0.1, -0.05) is 0 Å². The summed E-state index contributed by atoms with van der Waals surface area (Å²) in [6, 6.07) is 6.26. The summed E-state index contributed by atoms with van der Waals surface area (Å²) >= 11 is 0. The van der Waals surface area contributed by atoms with Crippen molar-refractivity contribution in [2.24, 2.45) is 7.05 Å². The number of aryl methyl sites for hydroxylation is 1. The standard InChI is InChI=1S/C17H25N7O/c1-21-15(4-5-18-21)14-22-6-8-23(9-7-22)16-2-3-17(20-19-16)24-10-12-25-13-11-24/h2-5H,6-14H2,1H3. The first-order valence-electron chi connectivity index (χ1n) is 8.90. The Morgan fingerprint density at radius 1 is 0.880 bits per heavy atom. The Morgan fingerprint density at radius 3 is 2.08 bits per heavy atom. The first-order chi connectivity index (χ1) is 12.3. The second kappa shape index (κ2) is 7.37. The van der Waals surface area contributed by atoms with Gasteiger partial charge in [0.1, 0.15) is 0 Å². The SMILES string of the molecule is Cn1nccc1CN1CCN(c2ccc(N3CCOCC3)nn2)CC1. The highest BCUT2D eigenvalue weighted by Crippen LogP contribution is 2.18. The van der Waals surface area contributed by atoms with E-state index in [0.717, 1.165) is 70.7 Å². The highest BCUT2D eigenvalue weighted by Gasteiger charge is 2.20. The predicted molar refractivity (Wildman–Crippen MR) is 95.8 cm³/mol. The Hall–Kier alpha value is -2.19. The molecule has 0 amide bonds. The van der Waals surface area contributed by atoms with E-state index >= 15 is 0 Å². The average molecular weight is 343 g/mol. The molecule has 0 spiro atoms. The number of hydrogen-bond donors (Lipinski definition) is 0. The first kappa shape index (κ1) is 16.3. The van der Waals surface area contributed by atoms with Crippen LogP contribution in [0.25, 0.3) is 0 Å². The van der Waals surface area contributed by atoms with Crippen molar-refractivity contribution in [3.8, 4) is 0 Å². The van der Waals surface area contributed by atoms with Gasteiger partial charge in [0.05, 0.1) is 18.9 Å². The zero-order valence-corrected chi connectivity index (χ0v) is 14.7. The van der Waals surface area contributed by atoms with Crippen molar-refractivity contribution in [3.05, 3.63) is 30.1 Å². The Bertz CT molecular complexity index is 673. The highest BCUT2D eigenvalue weighted by molar-refractivity contribution is 5.45. The molecule has 0 atom stereocenters. The molecule has 0 N–H and O–H groups in total. The third-order valence-corrected chi connectivity index (χ3v) is 4.98. The Kier molecular flexibility index (Phi) is 4.80. The van der Waals surface area contributed by atoms with E-state index in [2.05, 4.69) is 48.2 Å². The number of morpholine rings is 1. The van der Waals surface area contributed by atoms with E-state index in [1.165, 1.54) is 5.69 Å². The molecule has 0 aliphatic carbocycles. The number of nitrogens with zero attached hydrogens (tertiary/aromatic N) is 7. The number of aromatic nitrogens is 4. The van der Waals surface area contributed by atoms with Crippen LogP contribution in [0.2, 0.25) is 0 Å². The van der Waals surface area contributed by atoms with Crippen molar-refractivity contribution in [1.82, 2.24) is 24.9 Å². The van der Waals surface area contributed by atoms with Crippen LogP contribution in [0.3, 0.4) is 0 Å². The Morgan fingerprint density at radius 2 is 1.52 bits per heavy atom. The molecule has 0 unspecified atom stereocenters. The van der Waals surface area contributed by atoms with Crippen molar-refractivity contribution in [1.29, 1.82) is 0 Å². The van der Waals surface area contributed by atoms with Crippen LogP contribution < -0.4 is 9.80 Å². The first-order valence-corrected chi connectivity index (χ1v) is 8.90. The average Bonchev–Trinajstić information content (AvgIpc) is 3.08. The molecule has 0 radical (unpaired) electrons. The van der Waals surface area contributed by atoms with Gasteiger partial charge in [0, 0.05) is 59.1 Å². The van der Waals surface area contributed by atoms with Gasteiger partial charge in [-0.2, -0.15) is 5.10 Å². The Labute approximate surface area is 148 Å². The summed E-state index contributed by atoms with van der Waals surface area (Å²) in [6.45, 7) is 8.26. The van der Waals surface area contributed by atoms with Crippen LogP contribution >= 0.6 is 0 Å². The molecule has 2 aliphatic rings. The second-order valence-corrected chi connectivity index (χ2v) is 6.56. The fraction of sp³-hybridized carbons (Fsp3) is 0.588. The summed E-state index contributed by atoms with van der Waals surface area (Å²) in [6.07, 6.45) is 1.86. The normalized spacial score (nSPS) is 19.4. The maximum atomic E-state index is 5.39. The van der Waals surface area contributed by atoms with Crippen molar-refractivity contribution < 1.29 is 4.74 Å². The molecule has 0 aromatic carbocycles. The summed E-state index contributed by atoms with van der Waals surface area (Å²) in [5, 5.41) is 13.1. The van der Waals surface area contributed by atoms with Gasteiger partial charge in [-0.05, 0) is 18.2 Å². The van der Waals surface area contributed by atoms with E-state index < -0.39 is 0 Å². The van der Waals surface area contributed by atoms with E-state index in [9.17, 15) is 0 Å². The molecular weight excluding hydrogens is 318 g/mol. The number of anilines is 2. The smallest absolute Gasteiger partial charge is 0.151 e. The van der Waals surface area contributed by atoms with Crippen LogP contribution in [0.4, 0.5) is 11.6 Å². The summed E-state index contributed by atoms with van der Waals surface area (Å²) < 4.78 is 7.33. The molecule has 4 heterocycles. The fourth-order valence-electron chi connectivity index (χ4n) is 3.37.